The summed E-state index contributed by atoms with van der Waals surface area (Å²) in [6, 6.07) is 4.97. The van der Waals surface area contributed by atoms with E-state index in [0.717, 1.165) is 12.1 Å². The van der Waals surface area contributed by atoms with Crippen LogP contribution in [0.1, 0.15) is 33.3 Å². The molecular weight excluding hydrogens is 407 g/mol. The van der Waals surface area contributed by atoms with Gasteiger partial charge in [-0.1, -0.05) is 28.1 Å². The number of alkyl halides is 3. The zero-order valence-electron chi connectivity index (χ0n) is 14.2. The number of ether oxygens (including phenoxy) is 2. The number of hydrogen-bond donors (Lipinski definition) is 1. The predicted molar refractivity (Wildman–Crippen MR) is 87.9 cm³/mol. The standard InChI is InChI=1S/C16H19BrF3NO4/c1-5-24-12(22)15(16(18,19)20,10-7-6-8-11(17)9-10)21-13(23)25-14(2,3)4/h6-9H,5H2,1-4H3,(H,21,23). The molecule has 0 spiro atoms. The van der Waals surface area contributed by atoms with Crippen molar-refractivity contribution in [2.45, 2.75) is 45.0 Å². The second kappa shape index (κ2) is 7.63. The number of benzene rings is 1. The minimum absolute atomic E-state index is 0.291. The topological polar surface area (TPSA) is 64.6 Å². The molecule has 9 heteroatoms. The van der Waals surface area contributed by atoms with Crippen molar-refractivity contribution in [1.29, 1.82) is 0 Å². The summed E-state index contributed by atoms with van der Waals surface area (Å²) in [4.78, 5) is 24.3. The maximum atomic E-state index is 14.0. The molecule has 0 saturated heterocycles. The number of nitrogens with one attached hydrogen (secondary N) is 1. The highest BCUT2D eigenvalue weighted by molar-refractivity contribution is 9.10. The molecule has 1 amide bonds. The van der Waals surface area contributed by atoms with Crippen LogP contribution in [0.25, 0.3) is 0 Å². The average Bonchev–Trinajstić information content (AvgIpc) is 2.41. The smallest absolute Gasteiger partial charge is 0.426 e. The van der Waals surface area contributed by atoms with Crippen molar-refractivity contribution in [1.82, 2.24) is 5.32 Å². The van der Waals surface area contributed by atoms with Crippen LogP contribution in [0.15, 0.2) is 28.7 Å². The third-order valence-corrected chi connectivity index (χ3v) is 3.45. The molecule has 0 aliphatic heterocycles. The molecule has 0 fully saturated rings. The molecule has 0 radical (unpaired) electrons. The van der Waals surface area contributed by atoms with Crippen LogP contribution in [0.3, 0.4) is 0 Å². The van der Waals surface area contributed by atoms with Gasteiger partial charge in [-0.3, -0.25) is 5.32 Å². The average molecular weight is 426 g/mol. The van der Waals surface area contributed by atoms with Crippen LogP contribution in [0.2, 0.25) is 0 Å². The molecule has 1 unspecified atom stereocenters. The summed E-state index contributed by atoms with van der Waals surface area (Å²) >= 11 is 3.06. The Labute approximate surface area is 152 Å². The molecule has 1 rings (SSSR count). The highest BCUT2D eigenvalue weighted by Crippen LogP contribution is 2.41. The summed E-state index contributed by atoms with van der Waals surface area (Å²) in [6.45, 7) is 5.55. The number of hydrogen-bond acceptors (Lipinski definition) is 4. The Balaban J connectivity index is 3.51. The summed E-state index contributed by atoms with van der Waals surface area (Å²) in [7, 11) is 0. The Bertz CT molecular complexity index is 643. The van der Waals surface area contributed by atoms with E-state index in [0.29, 0.717) is 4.47 Å². The molecule has 1 N–H and O–H groups in total. The van der Waals surface area contributed by atoms with Crippen LogP contribution in [0.5, 0.6) is 0 Å². The first-order valence-corrected chi connectivity index (χ1v) is 8.14. The lowest BCUT2D eigenvalue weighted by Gasteiger charge is -2.35. The van der Waals surface area contributed by atoms with Gasteiger partial charge < -0.3 is 9.47 Å². The number of alkyl carbamates (subject to hydrolysis) is 1. The van der Waals surface area contributed by atoms with Crippen LogP contribution in [0.4, 0.5) is 18.0 Å². The van der Waals surface area contributed by atoms with Gasteiger partial charge in [-0.2, -0.15) is 13.2 Å². The molecule has 0 bridgehead atoms. The molecule has 0 aliphatic carbocycles. The molecule has 25 heavy (non-hydrogen) atoms. The van der Waals surface area contributed by atoms with Crippen molar-refractivity contribution < 1.29 is 32.2 Å². The van der Waals surface area contributed by atoms with Crippen LogP contribution in [-0.2, 0) is 19.8 Å². The fraction of sp³-hybridized carbons (Fsp3) is 0.500. The van der Waals surface area contributed by atoms with Gasteiger partial charge in [0.1, 0.15) is 5.60 Å². The molecule has 1 aromatic carbocycles. The van der Waals surface area contributed by atoms with Gasteiger partial charge in [0.05, 0.1) is 6.61 Å². The SMILES string of the molecule is CCOC(=O)C(NC(=O)OC(C)(C)C)(c1cccc(Br)c1)C(F)(F)F. The van der Waals surface area contributed by atoms with E-state index in [4.69, 9.17) is 4.74 Å². The number of carbonyl (C=O) groups is 2. The largest absolute Gasteiger partial charge is 0.464 e. The minimum atomic E-state index is -5.17. The van der Waals surface area contributed by atoms with Crippen LogP contribution < -0.4 is 5.32 Å². The quantitative estimate of drug-likeness (QED) is 0.730. The Morgan fingerprint density at radius 1 is 1.20 bits per heavy atom. The molecule has 1 atom stereocenters. The Kier molecular flexibility index (Phi) is 6.50. The molecule has 0 aliphatic rings. The first-order chi connectivity index (χ1) is 11.3. The van der Waals surface area contributed by atoms with Gasteiger partial charge in [0.15, 0.2) is 0 Å². The van der Waals surface area contributed by atoms with Gasteiger partial charge in [-0.05, 0) is 45.4 Å². The summed E-state index contributed by atoms with van der Waals surface area (Å²) in [6.07, 6.45) is -6.56. The van der Waals surface area contributed by atoms with E-state index in [1.54, 1.807) is 5.32 Å². The normalized spacial score (nSPS) is 14.4. The number of halogens is 4. The second-order valence-electron chi connectivity index (χ2n) is 6.11. The van der Waals surface area contributed by atoms with Crippen LogP contribution >= 0.6 is 15.9 Å². The second-order valence-corrected chi connectivity index (χ2v) is 7.02. The fourth-order valence-electron chi connectivity index (χ4n) is 2.01. The maximum Gasteiger partial charge on any atom is 0.426 e. The molecule has 0 saturated carbocycles. The highest BCUT2D eigenvalue weighted by atomic mass is 79.9. The van der Waals surface area contributed by atoms with Crippen LogP contribution in [0, 0.1) is 0 Å². The van der Waals surface area contributed by atoms with Crippen molar-refractivity contribution >= 4 is 28.0 Å². The number of rotatable bonds is 4. The van der Waals surface area contributed by atoms with Gasteiger partial charge in [0.2, 0.25) is 0 Å². The Hall–Kier alpha value is -1.77. The van der Waals surface area contributed by atoms with E-state index >= 15 is 0 Å². The summed E-state index contributed by atoms with van der Waals surface area (Å²) in [5.74, 6) is -1.65. The molecule has 0 heterocycles. The first kappa shape index (κ1) is 21.3. The summed E-state index contributed by atoms with van der Waals surface area (Å²) in [5.41, 5.74) is -4.94. The van der Waals surface area contributed by atoms with E-state index in [-0.39, 0.29) is 6.61 Å². The fourth-order valence-corrected chi connectivity index (χ4v) is 2.41. The monoisotopic (exact) mass is 425 g/mol. The summed E-state index contributed by atoms with van der Waals surface area (Å²) in [5, 5.41) is 1.67. The van der Waals surface area contributed by atoms with Gasteiger partial charge >= 0.3 is 18.2 Å². The minimum Gasteiger partial charge on any atom is -0.464 e. The Morgan fingerprint density at radius 3 is 2.24 bits per heavy atom. The third kappa shape index (κ3) is 5.10. The van der Waals surface area contributed by atoms with Crippen molar-refractivity contribution in [3.8, 4) is 0 Å². The van der Waals surface area contributed by atoms with Gasteiger partial charge in [-0.25, -0.2) is 9.59 Å². The number of amides is 1. The van der Waals surface area contributed by atoms with Crippen molar-refractivity contribution in [3.05, 3.63) is 34.3 Å². The Morgan fingerprint density at radius 2 is 1.80 bits per heavy atom. The zero-order valence-corrected chi connectivity index (χ0v) is 15.7. The van der Waals surface area contributed by atoms with Crippen LogP contribution in [-0.4, -0.2) is 30.4 Å². The van der Waals surface area contributed by atoms with Gasteiger partial charge in [0.25, 0.3) is 5.54 Å². The molecule has 140 valence electrons. The lowest BCUT2D eigenvalue weighted by atomic mass is 9.89. The van der Waals surface area contributed by atoms with Crippen molar-refractivity contribution in [2.75, 3.05) is 6.61 Å². The van der Waals surface area contributed by atoms with E-state index < -0.39 is 34.9 Å². The van der Waals surface area contributed by atoms with E-state index in [2.05, 4.69) is 20.7 Å². The van der Waals surface area contributed by atoms with E-state index in [1.807, 2.05) is 0 Å². The number of carbonyl (C=O) groups excluding carboxylic acids is 2. The highest BCUT2D eigenvalue weighted by Gasteiger charge is 2.64. The third-order valence-electron chi connectivity index (χ3n) is 2.95. The summed E-state index contributed by atoms with van der Waals surface area (Å²) < 4.78 is 51.7. The lowest BCUT2D eigenvalue weighted by molar-refractivity contribution is -0.215. The van der Waals surface area contributed by atoms with Gasteiger partial charge in [0, 0.05) is 4.47 Å². The molecule has 1 aromatic rings. The van der Waals surface area contributed by atoms with E-state index in [9.17, 15) is 22.8 Å². The molecule has 5 nitrogen and oxygen atoms in total. The van der Waals surface area contributed by atoms with Gasteiger partial charge in [-0.15, -0.1) is 0 Å². The zero-order chi connectivity index (χ0) is 19.5. The maximum absolute atomic E-state index is 14.0. The first-order valence-electron chi connectivity index (χ1n) is 7.34. The molecular formula is C16H19BrF3NO4. The molecule has 0 aromatic heterocycles. The predicted octanol–water partition coefficient (Wildman–Crippen LogP) is 4.29. The number of esters is 1. The lowest BCUT2D eigenvalue weighted by Crippen LogP contribution is -2.62. The van der Waals surface area contributed by atoms with Crippen molar-refractivity contribution in [3.63, 3.8) is 0 Å². The van der Waals surface area contributed by atoms with E-state index in [1.165, 1.54) is 39.8 Å². The van der Waals surface area contributed by atoms with Crippen molar-refractivity contribution in [2.24, 2.45) is 0 Å².